The van der Waals surface area contributed by atoms with Crippen LogP contribution in [0, 0.1) is 5.92 Å². The van der Waals surface area contributed by atoms with Crippen molar-refractivity contribution in [2.45, 2.75) is 55.2 Å². The van der Waals surface area contributed by atoms with Crippen LogP contribution >= 0.6 is 11.8 Å². The average Bonchev–Trinajstić information content (AvgIpc) is 2.56. The molecule has 6 heteroatoms. The van der Waals surface area contributed by atoms with Crippen LogP contribution in [0.1, 0.15) is 38.5 Å². The van der Waals surface area contributed by atoms with Crippen molar-refractivity contribution in [3.63, 3.8) is 0 Å². The fourth-order valence-electron chi connectivity index (χ4n) is 4.03. The van der Waals surface area contributed by atoms with E-state index in [4.69, 9.17) is 0 Å². The lowest BCUT2D eigenvalue weighted by Gasteiger charge is -2.43. The number of likely N-dealkylation sites (tertiary alicyclic amines) is 1. The minimum Gasteiger partial charge on any atom is -0.325 e. The van der Waals surface area contributed by atoms with Crippen molar-refractivity contribution in [3.05, 3.63) is 24.3 Å². The van der Waals surface area contributed by atoms with Crippen LogP contribution in [0.15, 0.2) is 29.2 Å². The summed E-state index contributed by atoms with van der Waals surface area (Å²) in [6.07, 6.45) is 7.57. The molecule has 1 aromatic carbocycles. The molecular formula is C18H24F2N2OS. The Morgan fingerprint density at radius 1 is 1.17 bits per heavy atom. The van der Waals surface area contributed by atoms with Crippen molar-refractivity contribution in [3.8, 4) is 0 Å². The van der Waals surface area contributed by atoms with Crippen LogP contribution in [0.3, 0.4) is 0 Å². The summed E-state index contributed by atoms with van der Waals surface area (Å²) in [5.41, 5.74) is 0.663. The SMILES string of the molecule is O=C(CN1CCC[C@H]2CCCC[C@@H]21)Nc1ccc(SC(F)F)cc1. The van der Waals surface area contributed by atoms with Crippen LogP contribution in [0.2, 0.25) is 0 Å². The Balaban J connectivity index is 1.53. The first-order valence-corrected chi connectivity index (χ1v) is 9.58. The van der Waals surface area contributed by atoms with Crippen molar-refractivity contribution in [1.29, 1.82) is 0 Å². The van der Waals surface area contributed by atoms with Gasteiger partial charge in [-0.2, -0.15) is 8.78 Å². The summed E-state index contributed by atoms with van der Waals surface area (Å²) in [6, 6.07) is 7.16. The highest BCUT2D eigenvalue weighted by atomic mass is 32.2. The molecular weight excluding hydrogens is 330 g/mol. The maximum absolute atomic E-state index is 12.3. The molecule has 1 aliphatic carbocycles. The molecule has 1 saturated heterocycles. The van der Waals surface area contributed by atoms with Crippen LogP contribution in [-0.4, -0.2) is 35.7 Å². The van der Waals surface area contributed by atoms with Gasteiger partial charge in [0.15, 0.2) is 0 Å². The highest BCUT2D eigenvalue weighted by molar-refractivity contribution is 7.99. The Hall–Kier alpha value is -1.14. The zero-order valence-corrected chi connectivity index (χ0v) is 14.5. The number of hydrogen-bond acceptors (Lipinski definition) is 3. The Morgan fingerprint density at radius 2 is 1.88 bits per heavy atom. The van der Waals surface area contributed by atoms with Crippen LogP contribution in [0.25, 0.3) is 0 Å². The van der Waals surface area contributed by atoms with Crippen LogP contribution in [0.5, 0.6) is 0 Å². The molecule has 1 saturated carbocycles. The van der Waals surface area contributed by atoms with Gasteiger partial charge in [-0.05, 0) is 62.4 Å². The number of halogens is 2. The maximum atomic E-state index is 12.3. The number of amides is 1. The average molecular weight is 354 g/mol. The molecule has 0 spiro atoms. The van der Waals surface area contributed by atoms with E-state index < -0.39 is 5.76 Å². The molecule has 3 rings (SSSR count). The standard InChI is InChI=1S/C18H24F2N2OS/c19-18(20)24-15-9-7-14(8-10-15)21-17(23)12-22-11-3-5-13-4-1-2-6-16(13)22/h7-10,13,16,18H,1-6,11-12H2,(H,21,23)/t13-,16+/m1/s1. The van der Waals surface area contributed by atoms with Crippen molar-refractivity contribution in [2.75, 3.05) is 18.4 Å². The number of carbonyl (C=O) groups excluding carboxylic acids is 1. The summed E-state index contributed by atoms with van der Waals surface area (Å²) in [4.78, 5) is 15.2. The number of anilines is 1. The number of benzene rings is 1. The number of nitrogens with one attached hydrogen (secondary N) is 1. The summed E-state index contributed by atoms with van der Waals surface area (Å²) >= 11 is 0.513. The van der Waals surface area contributed by atoms with E-state index in [2.05, 4.69) is 10.2 Å². The molecule has 0 radical (unpaired) electrons. The smallest absolute Gasteiger partial charge is 0.288 e. The molecule has 1 heterocycles. The van der Waals surface area contributed by atoms with Gasteiger partial charge in [0.25, 0.3) is 5.76 Å². The number of thioether (sulfide) groups is 1. The quantitative estimate of drug-likeness (QED) is 0.785. The lowest BCUT2D eigenvalue weighted by atomic mass is 9.78. The minimum absolute atomic E-state index is 0.0181. The predicted molar refractivity (Wildman–Crippen MR) is 93.5 cm³/mol. The number of carbonyl (C=O) groups is 1. The van der Waals surface area contributed by atoms with E-state index in [1.54, 1.807) is 24.3 Å². The van der Waals surface area contributed by atoms with E-state index in [0.29, 0.717) is 34.9 Å². The number of nitrogens with zero attached hydrogens (tertiary/aromatic N) is 1. The van der Waals surface area contributed by atoms with Gasteiger partial charge in [-0.3, -0.25) is 9.69 Å². The molecule has 24 heavy (non-hydrogen) atoms. The Labute approximate surface area is 146 Å². The first kappa shape index (κ1) is 17.7. The molecule has 1 aromatic rings. The van der Waals surface area contributed by atoms with Crippen molar-refractivity contribution < 1.29 is 13.6 Å². The van der Waals surface area contributed by atoms with E-state index in [1.165, 1.54) is 38.5 Å². The third-order valence-corrected chi connectivity index (χ3v) is 5.79. The van der Waals surface area contributed by atoms with Gasteiger partial charge in [-0.1, -0.05) is 24.6 Å². The second-order valence-electron chi connectivity index (χ2n) is 6.68. The Morgan fingerprint density at radius 3 is 2.62 bits per heavy atom. The number of rotatable bonds is 5. The highest BCUT2D eigenvalue weighted by Crippen LogP contribution is 2.35. The maximum Gasteiger partial charge on any atom is 0.288 e. The van der Waals surface area contributed by atoms with Crippen molar-refractivity contribution >= 4 is 23.4 Å². The predicted octanol–water partition coefficient (Wildman–Crippen LogP) is 4.59. The van der Waals surface area contributed by atoms with E-state index in [0.717, 1.165) is 12.5 Å². The topological polar surface area (TPSA) is 32.3 Å². The molecule has 2 atom stereocenters. The number of piperidine rings is 1. The van der Waals surface area contributed by atoms with E-state index in [1.807, 2.05) is 0 Å². The third kappa shape index (κ3) is 4.70. The van der Waals surface area contributed by atoms with Crippen molar-refractivity contribution in [1.82, 2.24) is 4.90 Å². The van der Waals surface area contributed by atoms with E-state index in [9.17, 15) is 13.6 Å². The van der Waals surface area contributed by atoms with Crippen LogP contribution < -0.4 is 5.32 Å². The van der Waals surface area contributed by atoms with Crippen LogP contribution in [-0.2, 0) is 4.79 Å². The van der Waals surface area contributed by atoms with Gasteiger partial charge in [0.2, 0.25) is 5.91 Å². The summed E-state index contributed by atoms with van der Waals surface area (Å²) in [5, 5.41) is 2.89. The number of fused-ring (bicyclic) bond motifs is 1. The number of alkyl halides is 2. The van der Waals surface area contributed by atoms with E-state index >= 15 is 0 Å². The van der Waals surface area contributed by atoms with Gasteiger partial charge >= 0.3 is 0 Å². The monoisotopic (exact) mass is 354 g/mol. The van der Waals surface area contributed by atoms with Crippen LogP contribution in [0.4, 0.5) is 14.5 Å². The zero-order chi connectivity index (χ0) is 16.9. The fourth-order valence-corrected chi connectivity index (χ4v) is 4.53. The first-order valence-electron chi connectivity index (χ1n) is 8.70. The Kier molecular flexibility index (Phi) is 6.11. The molecule has 2 fully saturated rings. The summed E-state index contributed by atoms with van der Waals surface area (Å²) in [7, 11) is 0. The normalized spacial score (nSPS) is 24.6. The number of hydrogen-bond donors (Lipinski definition) is 1. The summed E-state index contributed by atoms with van der Waals surface area (Å²) < 4.78 is 24.6. The molecule has 0 unspecified atom stereocenters. The lowest BCUT2D eigenvalue weighted by Crippen LogP contribution is -2.49. The zero-order valence-electron chi connectivity index (χ0n) is 13.7. The van der Waals surface area contributed by atoms with Gasteiger partial charge < -0.3 is 5.32 Å². The van der Waals surface area contributed by atoms with Gasteiger partial charge in [0, 0.05) is 16.6 Å². The third-order valence-electron chi connectivity index (χ3n) is 5.07. The second kappa shape index (κ2) is 8.30. The summed E-state index contributed by atoms with van der Waals surface area (Å²) in [5.74, 6) is -1.69. The van der Waals surface area contributed by atoms with Crippen molar-refractivity contribution in [2.24, 2.45) is 5.92 Å². The lowest BCUT2D eigenvalue weighted by molar-refractivity contribution is -0.118. The molecule has 0 bridgehead atoms. The second-order valence-corrected chi connectivity index (χ2v) is 7.74. The van der Waals surface area contributed by atoms with Gasteiger partial charge in [0.1, 0.15) is 0 Å². The molecule has 3 nitrogen and oxygen atoms in total. The van der Waals surface area contributed by atoms with Gasteiger partial charge in [-0.15, -0.1) is 0 Å². The van der Waals surface area contributed by atoms with Gasteiger partial charge in [0.05, 0.1) is 6.54 Å². The minimum atomic E-state index is -2.42. The van der Waals surface area contributed by atoms with Gasteiger partial charge in [-0.25, -0.2) is 0 Å². The highest BCUT2D eigenvalue weighted by Gasteiger charge is 2.33. The molecule has 0 aromatic heterocycles. The molecule has 1 N–H and O–H groups in total. The van der Waals surface area contributed by atoms with E-state index in [-0.39, 0.29) is 5.91 Å². The molecule has 1 aliphatic heterocycles. The first-order chi connectivity index (χ1) is 11.6. The fraction of sp³-hybridized carbons (Fsp3) is 0.611. The molecule has 1 amide bonds. The summed E-state index contributed by atoms with van der Waals surface area (Å²) in [6.45, 7) is 1.42. The largest absolute Gasteiger partial charge is 0.325 e. The molecule has 2 aliphatic rings. The molecule has 132 valence electrons. The Bertz CT molecular complexity index is 550.